The summed E-state index contributed by atoms with van der Waals surface area (Å²) in [5.74, 6) is -0.333. The monoisotopic (exact) mass is 388 g/mol. The molecule has 6 heteroatoms. The molecule has 1 amide bonds. The zero-order valence-corrected chi connectivity index (χ0v) is 16.0. The van der Waals surface area contributed by atoms with Crippen molar-refractivity contribution in [3.63, 3.8) is 0 Å². The molecule has 0 radical (unpaired) electrons. The van der Waals surface area contributed by atoms with Crippen LogP contribution in [0.4, 0.5) is 0 Å². The molecule has 0 unspecified atom stereocenters. The Morgan fingerprint density at radius 1 is 1.16 bits per heavy atom. The first-order valence-electron chi connectivity index (χ1n) is 7.74. The van der Waals surface area contributed by atoms with E-state index in [1.54, 1.807) is 11.8 Å². The normalized spacial score (nSPS) is 12.1. The molecule has 25 heavy (non-hydrogen) atoms. The number of carbonyl (C=O) groups excluding carboxylic acids is 1. The highest BCUT2D eigenvalue weighted by molar-refractivity contribution is 8.01. The molecule has 0 spiro atoms. The number of carbonyl (C=O) groups is 1. The Morgan fingerprint density at radius 3 is 2.44 bits per heavy atom. The van der Waals surface area contributed by atoms with Gasteiger partial charge in [-0.05, 0) is 30.2 Å². The third-order valence-corrected chi connectivity index (χ3v) is 6.52. The van der Waals surface area contributed by atoms with E-state index in [4.69, 9.17) is 17.3 Å². The van der Waals surface area contributed by atoms with Gasteiger partial charge in [-0.25, -0.2) is 4.98 Å². The molecule has 1 aromatic heterocycles. The van der Waals surface area contributed by atoms with Gasteiger partial charge in [0.25, 0.3) is 0 Å². The lowest BCUT2D eigenvalue weighted by Crippen LogP contribution is -2.13. The predicted octanol–water partition coefficient (Wildman–Crippen LogP) is 5.01. The molecule has 3 aromatic rings. The van der Waals surface area contributed by atoms with Crippen LogP contribution in [0.25, 0.3) is 0 Å². The highest BCUT2D eigenvalue weighted by Gasteiger charge is 2.19. The second-order valence-electron chi connectivity index (χ2n) is 5.59. The Morgan fingerprint density at radius 2 is 1.80 bits per heavy atom. The maximum Gasteiger partial charge on any atom is 0.222 e. The van der Waals surface area contributed by atoms with Crippen LogP contribution in [0, 0.1) is 6.92 Å². The van der Waals surface area contributed by atoms with Crippen LogP contribution in [0.2, 0.25) is 5.02 Å². The number of hydrogen-bond acceptors (Lipinski definition) is 4. The van der Waals surface area contributed by atoms with Crippen LogP contribution < -0.4 is 5.73 Å². The fraction of sp³-hybridized carbons (Fsp3) is 0.158. The van der Waals surface area contributed by atoms with E-state index in [9.17, 15) is 4.79 Å². The zero-order valence-electron chi connectivity index (χ0n) is 13.6. The van der Waals surface area contributed by atoms with Gasteiger partial charge in [0.1, 0.15) is 0 Å². The first-order chi connectivity index (χ1) is 12.0. The number of benzene rings is 2. The fourth-order valence-electron chi connectivity index (χ4n) is 2.47. The van der Waals surface area contributed by atoms with Crippen LogP contribution in [0.3, 0.4) is 0 Å². The minimum absolute atomic E-state index is 0.102. The number of rotatable bonds is 6. The number of aryl methyl sites for hydroxylation is 1. The van der Waals surface area contributed by atoms with E-state index in [-0.39, 0.29) is 17.6 Å². The van der Waals surface area contributed by atoms with Crippen LogP contribution >= 0.6 is 34.7 Å². The molecule has 0 aliphatic heterocycles. The van der Waals surface area contributed by atoms with Crippen LogP contribution in [-0.4, -0.2) is 10.9 Å². The molecule has 3 nitrogen and oxygen atoms in total. The van der Waals surface area contributed by atoms with E-state index in [1.165, 1.54) is 16.9 Å². The van der Waals surface area contributed by atoms with E-state index in [0.717, 1.165) is 25.5 Å². The number of nitrogens with two attached hydrogens (primary N) is 1. The van der Waals surface area contributed by atoms with Crippen molar-refractivity contribution in [3.8, 4) is 0 Å². The first-order valence-corrected chi connectivity index (χ1v) is 9.82. The van der Waals surface area contributed by atoms with Crippen molar-refractivity contribution < 1.29 is 4.79 Å². The Balaban J connectivity index is 1.93. The largest absolute Gasteiger partial charge is 0.369 e. The van der Waals surface area contributed by atoms with E-state index in [1.807, 2.05) is 49.4 Å². The van der Waals surface area contributed by atoms with Gasteiger partial charge in [0, 0.05) is 9.90 Å². The average molecular weight is 389 g/mol. The number of halogens is 1. The Labute approximate surface area is 160 Å². The van der Waals surface area contributed by atoms with Gasteiger partial charge in [0.15, 0.2) is 4.34 Å². The lowest BCUT2D eigenvalue weighted by atomic mass is 10.0. The number of hydrogen-bond donors (Lipinski definition) is 1. The molecule has 0 aliphatic rings. The van der Waals surface area contributed by atoms with Gasteiger partial charge in [0.2, 0.25) is 5.91 Å². The summed E-state index contributed by atoms with van der Waals surface area (Å²) in [7, 11) is 0. The molecule has 2 aromatic carbocycles. The van der Waals surface area contributed by atoms with Crippen molar-refractivity contribution in [2.75, 3.05) is 0 Å². The van der Waals surface area contributed by atoms with Crippen LogP contribution in [0.5, 0.6) is 0 Å². The maximum absolute atomic E-state index is 11.2. The first kappa shape index (κ1) is 18.0. The molecule has 1 atom stereocenters. The molecule has 0 bridgehead atoms. The van der Waals surface area contributed by atoms with E-state index in [0.29, 0.717) is 0 Å². The van der Waals surface area contributed by atoms with E-state index < -0.39 is 0 Å². The summed E-state index contributed by atoms with van der Waals surface area (Å²) in [6.45, 7) is 1.92. The van der Waals surface area contributed by atoms with Crippen molar-refractivity contribution in [3.05, 3.63) is 81.3 Å². The summed E-state index contributed by atoms with van der Waals surface area (Å²) in [6.07, 6.45) is 0.237. The summed E-state index contributed by atoms with van der Waals surface area (Å²) >= 11 is 9.24. The molecule has 2 N–H and O–H groups in total. The molecule has 0 fully saturated rings. The van der Waals surface area contributed by atoms with Crippen molar-refractivity contribution in [2.24, 2.45) is 5.73 Å². The van der Waals surface area contributed by atoms with Gasteiger partial charge in [-0.3, -0.25) is 4.79 Å². The molecule has 3 rings (SSSR count). The summed E-state index contributed by atoms with van der Waals surface area (Å²) in [5, 5.41) is 0.819. The minimum atomic E-state index is -0.333. The SMILES string of the molecule is Cc1nc(S[C@@H](c2ccccc2)c2ccc(Cl)cc2)sc1CC(N)=O. The van der Waals surface area contributed by atoms with Crippen molar-refractivity contribution in [1.82, 2.24) is 4.98 Å². The quantitative estimate of drug-likeness (QED) is 0.603. The highest BCUT2D eigenvalue weighted by Crippen LogP contribution is 2.42. The fourth-order valence-corrected chi connectivity index (χ4v) is 5.16. The van der Waals surface area contributed by atoms with Crippen molar-refractivity contribution >= 4 is 40.6 Å². The van der Waals surface area contributed by atoms with Crippen LogP contribution in [0.1, 0.15) is 26.9 Å². The molecule has 1 heterocycles. The smallest absolute Gasteiger partial charge is 0.222 e. The second kappa shape index (κ2) is 8.04. The topological polar surface area (TPSA) is 56.0 Å². The molecular weight excluding hydrogens is 372 g/mol. The lowest BCUT2D eigenvalue weighted by molar-refractivity contribution is -0.117. The summed E-state index contributed by atoms with van der Waals surface area (Å²) in [6, 6.07) is 18.2. The van der Waals surface area contributed by atoms with Crippen LogP contribution in [-0.2, 0) is 11.2 Å². The number of amides is 1. The van der Waals surface area contributed by atoms with Crippen molar-refractivity contribution in [2.45, 2.75) is 22.9 Å². The number of primary amides is 1. The van der Waals surface area contributed by atoms with Gasteiger partial charge < -0.3 is 5.73 Å². The molecule has 0 saturated carbocycles. The summed E-state index contributed by atoms with van der Waals surface area (Å²) in [4.78, 5) is 16.8. The van der Waals surface area contributed by atoms with Crippen molar-refractivity contribution in [1.29, 1.82) is 0 Å². The molecule has 128 valence electrons. The third kappa shape index (κ3) is 4.63. The van der Waals surface area contributed by atoms with E-state index in [2.05, 4.69) is 17.1 Å². The maximum atomic E-state index is 11.2. The van der Waals surface area contributed by atoms with Gasteiger partial charge in [-0.15, -0.1) is 11.3 Å². The molecule has 0 aliphatic carbocycles. The number of aromatic nitrogens is 1. The Hall–Kier alpha value is -1.82. The molecule has 0 saturated heterocycles. The van der Waals surface area contributed by atoms with Crippen LogP contribution in [0.15, 0.2) is 58.9 Å². The molecular formula is C19H17ClN2OS2. The zero-order chi connectivity index (χ0) is 17.8. The van der Waals surface area contributed by atoms with Gasteiger partial charge in [-0.1, -0.05) is 65.8 Å². The third-order valence-electron chi connectivity index (χ3n) is 3.70. The lowest BCUT2D eigenvalue weighted by Gasteiger charge is -2.16. The van der Waals surface area contributed by atoms with E-state index >= 15 is 0 Å². The van der Waals surface area contributed by atoms with Gasteiger partial charge >= 0.3 is 0 Å². The van der Waals surface area contributed by atoms with Gasteiger partial charge in [0.05, 0.1) is 17.4 Å². The number of nitrogens with zero attached hydrogens (tertiary/aromatic N) is 1. The highest BCUT2D eigenvalue weighted by atomic mass is 35.5. The minimum Gasteiger partial charge on any atom is -0.369 e. The van der Waals surface area contributed by atoms with Gasteiger partial charge in [-0.2, -0.15) is 0 Å². The number of thioether (sulfide) groups is 1. The number of thiazole rings is 1. The predicted molar refractivity (Wildman–Crippen MR) is 105 cm³/mol. The Kier molecular flexibility index (Phi) is 5.78. The Bertz CT molecular complexity index is 863. The standard InChI is InChI=1S/C19H17ClN2OS2/c1-12-16(11-17(21)23)24-19(22-12)25-18(13-5-3-2-4-6-13)14-7-9-15(20)10-8-14/h2-10,18H,11H2,1H3,(H2,21,23)/t18-/m0/s1. The second-order valence-corrected chi connectivity index (χ2v) is 8.46. The average Bonchev–Trinajstić information content (AvgIpc) is 2.93. The summed E-state index contributed by atoms with van der Waals surface area (Å²) in [5.41, 5.74) is 8.54. The summed E-state index contributed by atoms with van der Waals surface area (Å²) < 4.78 is 0.928.